The van der Waals surface area contributed by atoms with Crippen molar-refractivity contribution in [3.63, 3.8) is 0 Å². The van der Waals surface area contributed by atoms with Crippen molar-refractivity contribution < 1.29 is 0 Å². The zero-order valence-electron chi connectivity index (χ0n) is 11.6. The smallest absolute Gasteiger partial charge is 0.0430 e. The summed E-state index contributed by atoms with van der Waals surface area (Å²) in [6.07, 6.45) is 7.52. The lowest BCUT2D eigenvalue weighted by Crippen LogP contribution is -2.11. The van der Waals surface area contributed by atoms with Crippen LogP contribution >= 0.6 is 33.9 Å². The number of aryl methyl sites for hydroxylation is 2. The Labute approximate surface area is 138 Å². The van der Waals surface area contributed by atoms with Gasteiger partial charge in [-0.15, -0.1) is 11.3 Å². The minimum atomic E-state index is 0.145. The summed E-state index contributed by atoms with van der Waals surface area (Å²) < 4.78 is 1.28. The van der Waals surface area contributed by atoms with Crippen molar-refractivity contribution in [2.45, 2.75) is 44.6 Å². The van der Waals surface area contributed by atoms with Crippen molar-refractivity contribution in [3.05, 3.63) is 54.8 Å². The molecule has 1 atom stereocenters. The molecule has 0 aliphatic heterocycles. The van der Waals surface area contributed by atoms with Gasteiger partial charge in [-0.2, -0.15) is 0 Å². The predicted octanol–water partition coefficient (Wildman–Crippen LogP) is 4.86. The molecule has 1 unspecified atom stereocenters. The highest BCUT2D eigenvalue weighted by molar-refractivity contribution is 14.1. The molecule has 0 spiro atoms. The van der Waals surface area contributed by atoms with E-state index in [4.69, 9.17) is 5.73 Å². The van der Waals surface area contributed by atoms with E-state index < -0.39 is 0 Å². The van der Waals surface area contributed by atoms with Gasteiger partial charge in [-0.05, 0) is 84.0 Å². The average molecular weight is 397 g/mol. The molecule has 0 fully saturated rings. The second kappa shape index (κ2) is 6.58. The van der Waals surface area contributed by atoms with Crippen molar-refractivity contribution in [2.24, 2.45) is 5.73 Å². The Morgan fingerprint density at radius 3 is 2.65 bits per heavy atom. The topological polar surface area (TPSA) is 26.0 Å². The Hall–Kier alpha value is -0.390. The van der Waals surface area contributed by atoms with Gasteiger partial charge in [0.15, 0.2) is 0 Å². The van der Waals surface area contributed by atoms with E-state index in [9.17, 15) is 0 Å². The second-order valence-electron chi connectivity index (χ2n) is 5.59. The Kier molecular flexibility index (Phi) is 4.79. The number of benzene rings is 1. The van der Waals surface area contributed by atoms with Gasteiger partial charge in [-0.25, -0.2) is 0 Å². The van der Waals surface area contributed by atoms with E-state index in [1.165, 1.54) is 46.1 Å². The first-order valence-corrected chi connectivity index (χ1v) is 9.23. The zero-order chi connectivity index (χ0) is 13.9. The van der Waals surface area contributed by atoms with Gasteiger partial charge in [-0.3, -0.25) is 0 Å². The molecule has 2 aromatic rings. The van der Waals surface area contributed by atoms with Gasteiger partial charge in [0.2, 0.25) is 0 Å². The molecule has 0 radical (unpaired) electrons. The summed E-state index contributed by atoms with van der Waals surface area (Å²) in [4.78, 5) is 2.96. The molecule has 106 valence electrons. The fourth-order valence-electron chi connectivity index (χ4n) is 2.85. The molecule has 1 aromatic carbocycles. The van der Waals surface area contributed by atoms with Crippen molar-refractivity contribution in [3.8, 4) is 0 Å². The van der Waals surface area contributed by atoms with Gasteiger partial charge in [0.25, 0.3) is 0 Å². The lowest BCUT2D eigenvalue weighted by molar-refractivity contribution is 0.709. The highest BCUT2D eigenvalue weighted by atomic mass is 127. The summed E-state index contributed by atoms with van der Waals surface area (Å²) >= 11 is 4.29. The largest absolute Gasteiger partial charge is 0.323 e. The predicted molar refractivity (Wildman–Crippen MR) is 95.4 cm³/mol. The molecule has 3 rings (SSSR count). The van der Waals surface area contributed by atoms with Crippen molar-refractivity contribution in [2.75, 3.05) is 0 Å². The van der Waals surface area contributed by atoms with E-state index in [0.717, 1.165) is 6.42 Å². The normalized spacial score (nSPS) is 16.5. The lowest BCUT2D eigenvalue weighted by atomic mass is 10.0. The number of hydrogen-bond acceptors (Lipinski definition) is 2. The molecular weight excluding hydrogens is 377 g/mol. The summed E-state index contributed by atoms with van der Waals surface area (Å²) in [7, 11) is 0. The van der Waals surface area contributed by atoms with Crippen molar-refractivity contribution in [1.29, 1.82) is 0 Å². The van der Waals surface area contributed by atoms with Gasteiger partial charge in [0.1, 0.15) is 0 Å². The Morgan fingerprint density at radius 1 is 1.10 bits per heavy atom. The number of hydrogen-bond donors (Lipinski definition) is 1. The maximum Gasteiger partial charge on any atom is 0.0430 e. The van der Waals surface area contributed by atoms with Crippen LogP contribution in [0.25, 0.3) is 0 Å². The van der Waals surface area contributed by atoms with Crippen LogP contribution in [0, 0.1) is 3.57 Å². The molecule has 0 saturated carbocycles. The molecule has 20 heavy (non-hydrogen) atoms. The highest BCUT2D eigenvalue weighted by Crippen LogP contribution is 2.32. The van der Waals surface area contributed by atoms with E-state index in [2.05, 4.69) is 52.9 Å². The van der Waals surface area contributed by atoms with E-state index in [0.29, 0.717) is 0 Å². The van der Waals surface area contributed by atoms with E-state index in [1.54, 1.807) is 10.4 Å². The third kappa shape index (κ3) is 3.43. The summed E-state index contributed by atoms with van der Waals surface area (Å²) in [5.41, 5.74) is 9.33. The van der Waals surface area contributed by atoms with E-state index >= 15 is 0 Å². The maximum atomic E-state index is 6.42. The van der Waals surface area contributed by atoms with E-state index in [-0.39, 0.29) is 6.04 Å². The zero-order valence-corrected chi connectivity index (χ0v) is 14.5. The van der Waals surface area contributed by atoms with Crippen LogP contribution in [-0.2, 0) is 19.3 Å². The van der Waals surface area contributed by atoms with Crippen LogP contribution in [0.2, 0.25) is 0 Å². The number of rotatable bonds is 3. The van der Waals surface area contributed by atoms with Crippen LogP contribution in [-0.4, -0.2) is 0 Å². The summed E-state index contributed by atoms with van der Waals surface area (Å²) in [6.45, 7) is 0. The number of nitrogens with two attached hydrogens (primary N) is 1. The third-order valence-electron chi connectivity index (χ3n) is 4.00. The molecule has 1 nitrogen and oxygen atoms in total. The Morgan fingerprint density at radius 2 is 1.85 bits per heavy atom. The second-order valence-corrected chi connectivity index (χ2v) is 8.01. The molecule has 0 amide bonds. The Balaban J connectivity index is 1.73. The molecule has 2 N–H and O–H groups in total. The van der Waals surface area contributed by atoms with Crippen LogP contribution in [0.4, 0.5) is 0 Å². The Bertz CT molecular complexity index is 550. The van der Waals surface area contributed by atoms with Gasteiger partial charge in [0, 0.05) is 19.4 Å². The monoisotopic (exact) mass is 397 g/mol. The minimum Gasteiger partial charge on any atom is -0.323 e. The number of thiophene rings is 1. The molecule has 3 heteroatoms. The third-order valence-corrected chi connectivity index (χ3v) is 6.09. The van der Waals surface area contributed by atoms with Crippen LogP contribution in [0.5, 0.6) is 0 Å². The molecule has 0 saturated heterocycles. The first kappa shape index (κ1) is 14.5. The first-order chi connectivity index (χ1) is 9.72. The van der Waals surface area contributed by atoms with E-state index in [1.807, 2.05) is 11.3 Å². The van der Waals surface area contributed by atoms with Gasteiger partial charge >= 0.3 is 0 Å². The summed E-state index contributed by atoms with van der Waals surface area (Å²) in [5, 5.41) is 0. The fraction of sp³-hybridized carbons (Fsp3) is 0.412. The van der Waals surface area contributed by atoms with Crippen LogP contribution in [0.3, 0.4) is 0 Å². The van der Waals surface area contributed by atoms with Crippen LogP contribution in [0.15, 0.2) is 30.3 Å². The fourth-order valence-corrected chi connectivity index (χ4v) is 4.47. The van der Waals surface area contributed by atoms with Gasteiger partial charge < -0.3 is 5.73 Å². The summed E-state index contributed by atoms with van der Waals surface area (Å²) in [6, 6.07) is 11.2. The molecule has 1 heterocycles. The minimum absolute atomic E-state index is 0.145. The maximum absolute atomic E-state index is 6.42. The van der Waals surface area contributed by atoms with Gasteiger partial charge in [-0.1, -0.05) is 18.6 Å². The van der Waals surface area contributed by atoms with Gasteiger partial charge in [0.05, 0.1) is 0 Å². The standard InChI is InChI=1S/C17H20INS/c18-14-8-6-12(7-9-14)10-15(19)17-11-13-4-2-1-3-5-16(13)20-17/h6-9,11,15H,1-5,10,19H2. The van der Waals surface area contributed by atoms with Crippen LogP contribution < -0.4 is 5.73 Å². The molecular formula is C17H20INS. The number of fused-ring (bicyclic) bond motifs is 1. The number of halogens is 1. The van der Waals surface area contributed by atoms with Crippen molar-refractivity contribution >= 4 is 33.9 Å². The summed E-state index contributed by atoms with van der Waals surface area (Å²) in [5.74, 6) is 0. The SMILES string of the molecule is NC(Cc1ccc(I)cc1)c1cc2c(s1)CCCCC2. The molecule has 1 aliphatic carbocycles. The quantitative estimate of drug-likeness (QED) is 0.581. The highest BCUT2D eigenvalue weighted by Gasteiger charge is 2.16. The average Bonchev–Trinajstić information content (AvgIpc) is 2.73. The van der Waals surface area contributed by atoms with Crippen molar-refractivity contribution in [1.82, 2.24) is 0 Å². The molecule has 1 aliphatic rings. The first-order valence-electron chi connectivity index (χ1n) is 7.34. The lowest BCUT2D eigenvalue weighted by Gasteiger charge is -2.09. The van der Waals surface area contributed by atoms with Crippen LogP contribution in [0.1, 0.15) is 46.2 Å². The molecule has 0 bridgehead atoms. The molecule has 1 aromatic heterocycles.